The zero-order chi connectivity index (χ0) is 19.4. The SMILES string of the molecule is C=C/C(=C\C(=C)OC)c1ccc2nc(NC(=O)c3cccc(C)c3)cn2n1. The lowest BCUT2D eigenvalue weighted by Crippen LogP contribution is -2.12. The number of fused-ring (bicyclic) bond motifs is 1. The summed E-state index contributed by atoms with van der Waals surface area (Å²) in [6.45, 7) is 9.52. The molecule has 0 aliphatic heterocycles. The largest absolute Gasteiger partial charge is 0.497 e. The van der Waals surface area contributed by atoms with Gasteiger partial charge in [-0.25, -0.2) is 9.50 Å². The van der Waals surface area contributed by atoms with Crippen LogP contribution in [0.2, 0.25) is 0 Å². The van der Waals surface area contributed by atoms with Crippen LogP contribution >= 0.6 is 0 Å². The normalized spacial score (nSPS) is 11.3. The Bertz CT molecular complexity index is 1060. The first-order valence-electron chi connectivity index (χ1n) is 8.32. The molecule has 3 rings (SSSR count). The van der Waals surface area contributed by atoms with Crippen LogP contribution in [0.3, 0.4) is 0 Å². The van der Waals surface area contributed by atoms with Gasteiger partial charge in [-0.3, -0.25) is 4.79 Å². The lowest BCUT2D eigenvalue weighted by Gasteiger charge is -2.03. The Morgan fingerprint density at radius 3 is 2.81 bits per heavy atom. The van der Waals surface area contributed by atoms with Crippen molar-refractivity contribution in [2.45, 2.75) is 6.92 Å². The van der Waals surface area contributed by atoms with Crippen molar-refractivity contribution in [3.63, 3.8) is 0 Å². The molecule has 0 unspecified atom stereocenters. The number of carbonyl (C=O) groups excluding carboxylic acids is 1. The van der Waals surface area contributed by atoms with E-state index in [0.29, 0.717) is 28.5 Å². The molecule has 3 aromatic rings. The molecule has 0 aliphatic rings. The second-order valence-electron chi connectivity index (χ2n) is 5.95. The smallest absolute Gasteiger partial charge is 0.256 e. The molecule has 6 heteroatoms. The predicted octanol–water partition coefficient (Wildman–Crippen LogP) is 4.02. The number of methoxy groups -OCH3 is 1. The summed E-state index contributed by atoms with van der Waals surface area (Å²) in [6, 6.07) is 11.0. The zero-order valence-electron chi connectivity index (χ0n) is 15.3. The highest BCUT2D eigenvalue weighted by atomic mass is 16.5. The fraction of sp³-hybridized carbons (Fsp3) is 0.0952. The molecule has 0 aliphatic carbocycles. The van der Waals surface area contributed by atoms with Crippen LogP contribution < -0.4 is 5.32 Å². The van der Waals surface area contributed by atoms with Crippen LogP contribution in [-0.2, 0) is 4.74 Å². The molecule has 6 nitrogen and oxygen atoms in total. The zero-order valence-corrected chi connectivity index (χ0v) is 15.3. The van der Waals surface area contributed by atoms with Gasteiger partial charge in [-0.1, -0.05) is 36.9 Å². The molecule has 1 N–H and O–H groups in total. The van der Waals surface area contributed by atoms with Gasteiger partial charge >= 0.3 is 0 Å². The van der Waals surface area contributed by atoms with Crippen LogP contribution in [0.5, 0.6) is 0 Å². The fourth-order valence-electron chi connectivity index (χ4n) is 2.54. The van der Waals surface area contributed by atoms with Gasteiger partial charge in [0.25, 0.3) is 5.91 Å². The number of aromatic nitrogens is 3. The number of allylic oxidation sites excluding steroid dienone is 3. The highest BCUT2D eigenvalue weighted by Gasteiger charge is 2.10. The summed E-state index contributed by atoms with van der Waals surface area (Å²) in [7, 11) is 1.55. The molecule has 136 valence electrons. The Kier molecular flexibility index (Phi) is 5.17. The second-order valence-corrected chi connectivity index (χ2v) is 5.95. The topological polar surface area (TPSA) is 68.5 Å². The third-order valence-electron chi connectivity index (χ3n) is 3.94. The highest BCUT2D eigenvalue weighted by Crippen LogP contribution is 2.18. The van der Waals surface area contributed by atoms with E-state index >= 15 is 0 Å². The predicted molar refractivity (Wildman–Crippen MR) is 106 cm³/mol. The first-order valence-corrected chi connectivity index (χ1v) is 8.32. The van der Waals surface area contributed by atoms with E-state index in [-0.39, 0.29) is 5.91 Å². The maximum Gasteiger partial charge on any atom is 0.256 e. The van der Waals surface area contributed by atoms with Gasteiger partial charge in [-0.15, -0.1) is 0 Å². The molecule has 0 atom stereocenters. The van der Waals surface area contributed by atoms with Crippen molar-refractivity contribution in [1.29, 1.82) is 0 Å². The van der Waals surface area contributed by atoms with E-state index in [1.54, 1.807) is 36.0 Å². The summed E-state index contributed by atoms with van der Waals surface area (Å²) < 4.78 is 6.68. The third kappa shape index (κ3) is 4.12. The summed E-state index contributed by atoms with van der Waals surface area (Å²) in [4.78, 5) is 16.8. The molecule has 0 saturated heterocycles. The molecule has 27 heavy (non-hydrogen) atoms. The molecule has 0 spiro atoms. The van der Waals surface area contributed by atoms with Crippen molar-refractivity contribution in [1.82, 2.24) is 14.6 Å². The highest BCUT2D eigenvalue weighted by molar-refractivity contribution is 6.03. The first kappa shape index (κ1) is 18.1. The van der Waals surface area contributed by atoms with Gasteiger partial charge in [0.05, 0.1) is 19.0 Å². The van der Waals surface area contributed by atoms with Crippen LogP contribution in [0.15, 0.2) is 73.7 Å². The molecule has 0 radical (unpaired) electrons. The molecule has 1 aromatic carbocycles. The van der Waals surface area contributed by atoms with Crippen molar-refractivity contribution >= 4 is 22.9 Å². The number of hydrogen-bond acceptors (Lipinski definition) is 4. The average molecular weight is 360 g/mol. The van der Waals surface area contributed by atoms with Crippen molar-refractivity contribution in [2.24, 2.45) is 0 Å². The lowest BCUT2D eigenvalue weighted by molar-refractivity contribution is 0.102. The Labute approximate surface area is 157 Å². The molecular formula is C21H20N4O2. The molecule has 2 heterocycles. The van der Waals surface area contributed by atoms with E-state index in [2.05, 4.69) is 28.6 Å². The number of nitrogens with one attached hydrogen (secondary N) is 1. The average Bonchev–Trinajstić information content (AvgIpc) is 3.07. The van der Waals surface area contributed by atoms with Crippen molar-refractivity contribution in [2.75, 3.05) is 12.4 Å². The minimum absolute atomic E-state index is 0.217. The van der Waals surface area contributed by atoms with Crippen molar-refractivity contribution in [3.8, 4) is 0 Å². The van der Waals surface area contributed by atoms with Crippen LogP contribution in [0.1, 0.15) is 21.6 Å². The molecule has 0 bridgehead atoms. The first-order chi connectivity index (χ1) is 13.0. The number of nitrogens with zero attached hydrogens (tertiary/aromatic N) is 3. The number of imidazole rings is 1. The van der Waals surface area contributed by atoms with Crippen LogP contribution in [-0.4, -0.2) is 27.6 Å². The maximum atomic E-state index is 12.4. The summed E-state index contributed by atoms with van der Waals surface area (Å²) in [5, 5.41) is 7.31. The number of benzene rings is 1. The fourth-order valence-corrected chi connectivity index (χ4v) is 2.54. The number of ether oxygens (including phenoxy) is 1. The molecule has 2 aromatic heterocycles. The lowest BCUT2D eigenvalue weighted by atomic mass is 10.1. The van der Waals surface area contributed by atoms with Gasteiger partial charge < -0.3 is 10.1 Å². The molecular weight excluding hydrogens is 340 g/mol. The quantitative estimate of drug-likeness (QED) is 0.532. The van der Waals surface area contributed by atoms with E-state index in [4.69, 9.17) is 4.74 Å². The van der Waals surface area contributed by atoms with Gasteiger partial charge in [0.1, 0.15) is 5.76 Å². The number of anilines is 1. The van der Waals surface area contributed by atoms with Crippen molar-refractivity contribution in [3.05, 3.63) is 90.5 Å². The number of rotatable bonds is 6. The van der Waals surface area contributed by atoms with E-state index in [1.807, 2.05) is 37.3 Å². The minimum atomic E-state index is -0.217. The number of amides is 1. The van der Waals surface area contributed by atoms with Crippen molar-refractivity contribution < 1.29 is 9.53 Å². The van der Waals surface area contributed by atoms with Crippen LogP contribution in [0.25, 0.3) is 11.2 Å². The summed E-state index contributed by atoms with van der Waals surface area (Å²) in [5.41, 5.74) is 3.67. The summed E-state index contributed by atoms with van der Waals surface area (Å²) in [5.74, 6) is 0.713. The second kappa shape index (κ2) is 7.70. The van der Waals surface area contributed by atoms with E-state index in [9.17, 15) is 4.79 Å². The van der Waals surface area contributed by atoms with Gasteiger partial charge in [-0.05, 0) is 37.3 Å². The summed E-state index contributed by atoms with van der Waals surface area (Å²) >= 11 is 0. The molecule has 1 amide bonds. The van der Waals surface area contributed by atoms with E-state index < -0.39 is 0 Å². The Balaban J connectivity index is 1.87. The minimum Gasteiger partial charge on any atom is -0.497 e. The maximum absolute atomic E-state index is 12.4. The number of carbonyl (C=O) groups is 1. The summed E-state index contributed by atoms with van der Waals surface area (Å²) in [6.07, 6.45) is 5.09. The van der Waals surface area contributed by atoms with Gasteiger partial charge in [0.2, 0.25) is 0 Å². The van der Waals surface area contributed by atoms with Crippen LogP contribution in [0.4, 0.5) is 5.82 Å². The van der Waals surface area contributed by atoms with Gasteiger partial charge in [-0.2, -0.15) is 5.10 Å². The standard InChI is InChI=1S/C21H20N4O2/c1-5-16(12-15(3)27-4)18-9-10-20-22-19(13-25(20)24-18)23-21(26)17-8-6-7-14(2)11-17/h5-13H,1,3H2,2,4H3,(H,23,26)/b16-12+. The van der Waals surface area contributed by atoms with Gasteiger partial charge in [0.15, 0.2) is 11.5 Å². The Morgan fingerprint density at radius 1 is 1.30 bits per heavy atom. The third-order valence-corrected chi connectivity index (χ3v) is 3.94. The number of hydrogen-bond donors (Lipinski definition) is 1. The molecule has 0 saturated carbocycles. The number of aryl methyl sites for hydroxylation is 1. The van der Waals surface area contributed by atoms with E-state index in [1.165, 1.54) is 0 Å². The Hall–Kier alpha value is -3.67. The van der Waals surface area contributed by atoms with Gasteiger partial charge in [0, 0.05) is 11.1 Å². The molecule has 0 fully saturated rings. The van der Waals surface area contributed by atoms with E-state index in [0.717, 1.165) is 11.1 Å². The van der Waals surface area contributed by atoms with Crippen LogP contribution in [0, 0.1) is 6.92 Å². The monoisotopic (exact) mass is 360 g/mol. The Morgan fingerprint density at radius 2 is 2.11 bits per heavy atom.